The third-order valence-corrected chi connectivity index (χ3v) is 5.71. The van der Waals surface area contributed by atoms with Gasteiger partial charge in [0, 0.05) is 21.2 Å². The first-order valence-electron chi connectivity index (χ1n) is 11.0. The molecule has 4 rings (SSSR count). The minimum Gasteiger partial charge on any atom is -0.496 e. The third kappa shape index (κ3) is 6.84. The fraction of sp³-hybridized carbons (Fsp3) is 0.120. The van der Waals surface area contributed by atoms with E-state index in [0.29, 0.717) is 38.2 Å². The van der Waals surface area contributed by atoms with E-state index in [1.54, 1.807) is 54.6 Å². The number of benzene rings is 3. The Balaban J connectivity index is 1.39. The lowest BCUT2D eigenvalue weighted by atomic mass is 10.1. The molecule has 0 aliphatic rings. The molecule has 0 spiro atoms. The van der Waals surface area contributed by atoms with E-state index in [1.807, 2.05) is 6.07 Å². The predicted molar refractivity (Wildman–Crippen MR) is 141 cm³/mol. The molecule has 3 aromatic carbocycles. The zero-order chi connectivity index (χ0) is 27.1. The highest BCUT2D eigenvalue weighted by molar-refractivity contribution is 6.35. The molecule has 11 nitrogen and oxygen atoms in total. The maximum absolute atomic E-state index is 12.6. The molecule has 194 valence electrons. The first-order chi connectivity index (χ1) is 18.3. The van der Waals surface area contributed by atoms with E-state index in [2.05, 4.69) is 20.6 Å². The summed E-state index contributed by atoms with van der Waals surface area (Å²) in [4.78, 5) is 26.4. The number of rotatable bonds is 10. The summed E-state index contributed by atoms with van der Waals surface area (Å²) in [5.41, 5.74) is 5.01. The summed E-state index contributed by atoms with van der Waals surface area (Å²) < 4.78 is 12.4. The van der Waals surface area contributed by atoms with E-state index < -0.39 is 16.8 Å². The Morgan fingerprint density at radius 2 is 1.97 bits per heavy atom. The Labute approximate surface area is 226 Å². The smallest absolute Gasteiger partial charge is 0.490 e. The second-order valence-corrected chi connectivity index (χ2v) is 8.68. The summed E-state index contributed by atoms with van der Waals surface area (Å²) in [6.07, 6.45) is 2.74. The Bertz CT molecular complexity index is 1510. The molecule has 13 heteroatoms. The number of hydrogen-bond donors (Lipinski definition) is 1. The van der Waals surface area contributed by atoms with Gasteiger partial charge in [-0.25, -0.2) is 5.43 Å². The van der Waals surface area contributed by atoms with Crippen LogP contribution in [0.5, 0.6) is 11.5 Å². The van der Waals surface area contributed by atoms with Crippen molar-refractivity contribution < 1.29 is 19.2 Å². The van der Waals surface area contributed by atoms with Crippen molar-refractivity contribution in [1.82, 2.24) is 20.2 Å². The van der Waals surface area contributed by atoms with Crippen LogP contribution >= 0.6 is 23.2 Å². The Hall–Kier alpha value is -4.48. The topological polar surface area (TPSA) is 134 Å². The highest BCUT2D eigenvalue weighted by atomic mass is 35.5. The maximum atomic E-state index is 12.6. The monoisotopic (exact) mass is 554 g/mol. The van der Waals surface area contributed by atoms with Crippen LogP contribution in [0.2, 0.25) is 10.0 Å². The normalized spacial score (nSPS) is 10.9. The number of carbonyl (C=O) groups excluding carboxylic acids is 1. The number of aromatic nitrogens is 3. The molecule has 4 aromatic rings. The molecule has 1 aromatic heterocycles. The molecule has 0 fully saturated rings. The van der Waals surface area contributed by atoms with Gasteiger partial charge in [0.2, 0.25) is 6.33 Å². The zero-order valence-electron chi connectivity index (χ0n) is 19.9. The number of hydrogen-bond acceptors (Lipinski definition) is 8. The Kier molecular flexibility index (Phi) is 8.51. The molecular formula is C25H20Cl2N6O5. The van der Waals surface area contributed by atoms with E-state index in [-0.39, 0.29) is 13.2 Å². The van der Waals surface area contributed by atoms with E-state index in [9.17, 15) is 14.9 Å². The van der Waals surface area contributed by atoms with E-state index in [1.165, 1.54) is 24.3 Å². The van der Waals surface area contributed by atoms with Gasteiger partial charge in [-0.3, -0.25) is 4.79 Å². The molecule has 38 heavy (non-hydrogen) atoms. The van der Waals surface area contributed by atoms with E-state index in [0.717, 1.165) is 5.56 Å². The van der Waals surface area contributed by atoms with Crippen LogP contribution < -0.4 is 14.9 Å². The molecule has 1 amide bonds. The van der Waals surface area contributed by atoms with Crippen LogP contribution in [0.25, 0.3) is 0 Å². The SMILES string of the molecule is COc1ccc(/C=N/NC(=O)c2cccc(COc3ccc(Cl)cc3Cl)c2)cc1Cn1cnc([N+](=O)[O-])n1. The summed E-state index contributed by atoms with van der Waals surface area (Å²) >= 11 is 12.0. The number of halogens is 2. The molecule has 0 atom stereocenters. The van der Waals surface area contributed by atoms with Gasteiger partial charge in [-0.15, -0.1) is 0 Å². The lowest BCUT2D eigenvalue weighted by molar-refractivity contribution is -0.394. The maximum Gasteiger partial charge on any atom is 0.490 e. The number of nitrogens with one attached hydrogen (secondary N) is 1. The Morgan fingerprint density at radius 1 is 1.16 bits per heavy atom. The van der Waals surface area contributed by atoms with Gasteiger partial charge in [0.05, 0.1) is 24.9 Å². The number of nitrogens with zero attached hydrogens (tertiary/aromatic N) is 5. The van der Waals surface area contributed by atoms with Crippen molar-refractivity contribution in [2.75, 3.05) is 7.11 Å². The van der Waals surface area contributed by atoms with Crippen LogP contribution in [0.1, 0.15) is 27.0 Å². The molecule has 0 bridgehead atoms. The van der Waals surface area contributed by atoms with Crippen LogP contribution in [0.15, 0.2) is 72.1 Å². The molecule has 0 radical (unpaired) electrons. The van der Waals surface area contributed by atoms with Crippen LogP contribution in [-0.4, -0.2) is 38.9 Å². The van der Waals surface area contributed by atoms with Gasteiger partial charge in [0.25, 0.3) is 5.91 Å². The van der Waals surface area contributed by atoms with Crippen LogP contribution in [0, 0.1) is 10.1 Å². The number of hydrazone groups is 1. The molecule has 0 aliphatic heterocycles. The zero-order valence-corrected chi connectivity index (χ0v) is 21.4. The third-order valence-electron chi connectivity index (χ3n) is 5.18. The van der Waals surface area contributed by atoms with Crippen LogP contribution in [0.4, 0.5) is 5.95 Å². The molecule has 0 unspecified atom stereocenters. The number of methoxy groups -OCH3 is 1. The number of carbonyl (C=O) groups is 1. The average Bonchev–Trinajstić information content (AvgIpc) is 3.37. The largest absolute Gasteiger partial charge is 0.496 e. The summed E-state index contributed by atoms with van der Waals surface area (Å²) in [5, 5.41) is 19.6. The molecule has 0 aliphatic carbocycles. The van der Waals surface area contributed by atoms with Crippen molar-refractivity contribution in [2.24, 2.45) is 5.10 Å². The quantitative estimate of drug-likeness (QED) is 0.167. The highest BCUT2D eigenvalue weighted by Crippen LogP contribution is 2.28. The van der Waals surface area contributed by atoms with Crippen molar-refractivity contribution in [3.63, 3.8) is 0 Å². The fourth-order valence-corrected chi connectivity index (χ4v) is 3.87. The van der Waals surface area contributed by atoms with Gasteiger partial charge in [0.15, 0.2) is 0 Å². The summed E-state index contributed by atoms with van der Waals surface area (Å²) in [6.45, 7) is 0.392. The van der Waals surface area contributed by atoms with Gasteiger partial charge < -0.3 is 19.6 Å². The predicted octanol–water partition coefficient (Wildman–Crippen LogP) is 4.89. The minimum atomic E-state index is -0.669. The average molecular weight is 555 g/mol. The second kappa shape index (κ2) is 12.2. The summed E-state index contributed by atoms with van der Waals surface area (Å²) in [5.74, 6) is 0.143. The van der Waals surface area contributed by atoms with Crippen molar-refractivity contribution in [3.8, 4) is 11.5 Å². The number of nitro groups is 1. The Morgan fingerprint density at radius 3 is 2.71 bits per heavy atom. The van der Waals surface area contributed by atoms with Crippen LogP contribution in [0.3, 0.4) is 0 Å². The van der Waals surface area contributed by atoms with Gasteiger partial charge in [-0.2, -0.15) is 9.78 Å². The van der Waals surface area contributed by atoms with Crippen molar-refractivity contribution >= 4 is 41.3 Å². The van der Waals surface area contributed by atoms with Crippen molar-refractivity contribution in [1.29, 1.82) is 0 Å². The fourth-order valence-electron chi connectivity index (χ4n) is 3.41. The molecule has 0 saturated carbocycles. The van der Waals surface area contributed by atoms with Gasteiger partial charge >= 0.3 is 5.95 Å². The lowest BCUT2D eigenvalue weighted by Crippen LogP contribution is -2.18. The van der Waals surface area contributed by atoms with Gasteiger partial charge in [-0.05, 0) is 64.6 Å². The first-order valence-corrected chi connectivity index (χ1v) is 11.8. The van der Waals surface area contributed by atoms with E-state index >= 15 is 0 Å². The molecule has 1 N–H and O–H groups in total. The van der Waals surface area contributed by atoms with E-state index in [4.69, 9.17) is 32.7 Å². The molecular weight excluding hydrogens is 535 g/mol. The molecule has 0 saturated heterocycles. The number of ether oxygens (including phenoxy) is 2. The van der Waals surface area contributed by atoms with Crippen molar-refractivity contribution in [3.05, 3.63) is 109 Å². The minimum absolute atomic E-state index is 0.189. The summed E-state index contributed by atoms with van der Waals surface area (Å²) in [7, 11) is 1.51. The lowest BCUT2D eigenvalue weighted by Gasteiger charge is -2.09. The highest BCUT2D eigenvalue weighted by Gasteiger charge is 2.15. The number of amides is 1. The second-order valence-electron chi connectivity index (χ2n) is 7.83. The van der Waals surface area contributed by atoms with Gasteiger partial charge in [-0.1, -0.05) is 40.3 Å². The molecule has 1 heterocycles. The van der Waals surface area contributed by atoms with Gasteiger partial charge in [0.1, 0.15) is 18.1 Å². The standard InChI is InChI=1S/C25H20Cl2N6O5/c1-37-22-7-5-16(9-19(22)13-32-15-28-25(31-32)33(35)36)12-29-30-24(34)18-4-2-3-17(10-18)14-38-23-8-6-20(26)11-21(23)27/h2-12,15H,13-14H2,1H3,(H,30,34)/b29-12+. The van der Waals surface area contributed by atoms with Crippen LogP contribution in [-0.2, 0) is 13.2 Å². The summed E-state index contributed by atoms with van der Waals surface area (Å²) in [6, 6.07) is 17.1. The first kappa shape index (κ1) is 26.6. The van der Waals surface area contributed by atoms with Crippen molar-refractivity contribution in [2.45, 2.75) is 13.2 Å².